The lowest BCUT2D eigenvalue weighted by Gasteiger charge is -2.25. The second-order valence-electron chi connectivity index (χ2n) is 3.84. The van der Waals surface area contributed by atoms with Gasteiger partial charge in [0.15, 0.2) is 0 Å². The maximum absolute atomic E-state index is 10.9. The minimum Gasteiger partial charge on any atom is -0.378 e. The first kappa shape index (κ1) is 9.97. The number of anilines is 1. The zero-order chi connectivity index (χ0) is 10.7. The Hall–Kier alpha value is -1.57. The fourth-order valence-corrected chi connectivity index (χ4v) is 1.95. The van der Waals surface area contributed by atoms with Crippen molar-refractivity contribution in [2.75, 3.05) is 5.32 Å². The van der Waals surface area contributed by atoms with Gasteiger partial charge >= 0.3 is 0 Å². The van der Waals surface area contributed by atoms with Gasteiger partial charge in [-0.2, -0.15) is 0 Å². The molecule has 0 spiro atoms. The third kappa shape index (κ3) is 1.94. The van der Waals surface area contributed by atoms with Crippen molar-refractivity contribution in [2.45, 2.75) is 25.8 Å². The van der Waals surface area contributed by atoms with Crippen LogP contribution >= 0.6 is 0 Å². The molecule has 0 saturated heterocycles. The fourth-order valence-electron chi connectivity index (χ4n) is 1.95. The molecule has 2 nitrogen and oxygen atoms in total. The number of nitrogens with one attached hydrogen (secondary N) is 1. The number of hydrogen-bond acceptors (Lipinski definition) is 2. The molecular weight excluding hydrogens is 186 g/mol. The van der Waals surface area contributed by atoms with Gasteiger partial charge in [0.05, 0.1) is 6.04 Å². The summed E-state index contributed by atoms with van der Waals surface area (Å²) in [6.45, 7) is 2.13. The topological polar surface area (TPSA) is 29.1 Å². The first-order chi connectivity index (χ1) is 7.35. The quantitative estimate of drug-likeness (QED) is 0.762. The molecular formula is C13H15NO. The highest BCUT2D eigenvalue weighted by atomic mass is 16.1. The third-order valence-electron chi connectivity index (χ3n) is 2.73. The van der Waals surface area contributed by atoms with E-state index in [1.807, 2.05) is 24.3 Å². The zero-order valence-electron chi connectivity index (χ0n) is 8.86. The molecule has 2 rings (SSSR count). The maximum atomic E-state index is 10.9. The van der Waals surface area contributed by atoms with Crippen LogP contribution in [0.2, 0.25) is 0 Å². The van der Waals surface area contributed by atoms with E-state index in [1.54, 1.807) is 0 Å². The van der Waals surface area contributed by atoms with Gasteiger partial charge < -0.3 is 5.32 Å². The van der Waals surface area contributed by atoms with Gasteiger partial charge in [-0.15, -0.1) is 0 Å². The van der Waals surface area contributed by atoms with E-state index in [1.165, 1.54) is 0 Å². The molecule has 0 saturated carbocycles. The van der Waals surface area contributed by atoms with Crippen molar-refractivity contribution in [1.29, 1.82) is 0 Å². The predicted octanol–water partition coefficient (Wildman–Crippen LogP) is 2.86. The first-order valence-electron chi connectivity index (χ1n) is 5.37. The van der Waals surface area contributed by atoms with Gasteiger partial charge in [0.25, 0.3) is 0 Å². The molecule has 0 unspecified atom stereocenters. The second-order valence-corrected chi connectivity index (χ2v) is 3.84. The molecule has 1 atom stereocenters. The number of carbonyl (C=O) groups excluding carboxylic acids is 1. The normalized spacial score (nSPS) is 18.7. The van der Waals surface area contributed by atoms with Crippen LogP contribution in [0.25, 0.3) is 6.08 Å². The Bertz CT molecular complexity index is 395. The van der Waals surface area contributed by atoms with Gasteiger partial charge in [0, 0.05) is 11.3 Å². The maximum Gasteiger partial charge on any atom is 0.148 e. The Morgan fingerprint density at radius 2 is 2.20 bits per heavy atom. The summed E-state index contributed by atoms with van der Waals surface area (Å²) in [5.74, 6) is 0. The molecule has 1 aromatic carbocycles. The summed E-state index contributed by atoms with van der Waals surface area (Å²) in [4.78, 5) is 10.9. The summed E-state index contributed by atoms with van der Waals surface area (Å²) in [5.41, 5.74) is 3.09. The Labute approximate surface area is 90.0 Å². The van der Waals surface area contributed by atoms with Crippen molar-refractivity contribution in [3.05, 3.63) is 35.4 Å². The van der Waals surface area contributed by atoms with Crippen LogP contribution in [0.5, 0.6) is 0 Å². The van der Waals surface area contributed by atoms with Crippen LogP contribution in [-0.4, -0.2) is 12.3 Å². The van der Waals surface area contributed by atoms with Crippen molar-refractivity contribution in [3.8, 4) is 0 Å². The van der Waals surface area contributed by atoms with Crippen LogP contribution in [0.1, 0.15) is 25.3 Å². The van der Waals surface area contributed by atoms with Crippen molar-refractivity contribution >= 4 is 18.0 Å². The summed E-state index contributed by atoms with van der Waals surface area (Å²) in [7, 11) is 0. The number of carbonyl (C=O) groups is 1. The van der Waals surface area contributed by atoms with Crippen LogP contribution < -0.4 is 5.32 Å². The van der Waals surface area contributed by atoms with E-state index >= 15 is 0 Å². The van der Waals surface area contributed by atoms with Gasteiger partial charge in [-0.1, -0.05) is 31.5 Å². The van der Waals surface area contributed by atoms with Crippen molar-refractivity contribution < 1.29 is 4.79 Å². The predicted molar refractivity (Wildman–Crippen MR) is 62.8 cm³/mol. The van der Waals surface area contributed by atoms with Crippen LogP contribution in [0.15, 0.2) is 29.8 Å². The van der Waals surface area contributed by atoms with Gasteiger partial charge in [0.2, 0.25) is 0 Å². The molecule has 0 amide bonds. The number of rotatable bonds is 3. The minimum absolute atomic E-state index is 0.183. The van der Waals surface area contributed by atoms with E-state index in [0.717, 1.165) is 36.0 Å². The van der Waals surface area contributed by atoms with Crippen LogP contribution in [0.4, 0.5) is 5.69 Å². The van der Waals surface area contributed by atoms with Crippen molar-refractivity contribution in [2.24, 2.45) is 0 Å². The Balaban J connectivity index is 2.35. The largest absolute Gasteiger partial charge is 0.378 e. The number of para-hydroxylation sites is 1. The lowest BCUT2D eigenvalue weighted by atomic mass is 9.95. The van der Waals surface area contributed by atoms with E-state index < -0.39 is 0 Å². The van der Waals surface area contributed by atoms with Crippen LogP contribution in [-0.2, 0) is 4.79 Å². The Morgan fingerprint density at radius 1 is 1.40 bits per heavy atom. The molecule has 0 aromatic heterocycles. The number of hydrogen-bond donors (Lipinski definition) is 1. The van der Waals surface area contributed by atoms with E-state index in [2.05, 4.69) is 18.3 Å². The van der Waals surface area contributed by atoms with Crippen molar-refractivity contribution in [3.63, 3.8) is 0 Å². The van der Waals surface area contributed by atoms with E-state index in [4.69, 9.17) is 0 Å². The molecule has 1 heterocycles. The Morgan fingerprint density at radius 3 is 2.93 bits per heavy atom. The molecule has 0 radical (unpaired) electrons. The monoisotopic (exact) mass is 201 g/mol. The highest BCUT2D eigenvalue weighted by Crippen LogP contribution is 2.27. The highest BCUT2D eigenvalue weighted by molar-refractivity contribution is 5.89. The molecule has 1 aliphatic rings. The molecule has 1 aromatic rings. The summed E-state index contributed by atoms with van der Waals surface area (Å²) in [6.07, 6.45) is 5.02. The Kier molecular flexibility index (Phi) is 2.86. The van der Waals surface area contributed by atoms with Gasteiger partial charge in [-0.05, 0) is 24.1 Å². The molecule has 15 heavy (non-hydrogen) atoms. The summed E-state index contributed by atoms with van der Waals surface area (Å²) >= 11 is 0. The molecule has 78 valence electrons. The summed E-state index contributed by atoms with van der Waals surface area (Å²) in [5, 5.41) is 3.40. The van der Waals surface area contributed by atoms with Crippen LogP contribution in [0.3, 0.4) is 0 Å². The van der Waals surface area contributed by atoms with Gasteiger partial charge in [-0.3, -0.25) is 4.79 Å². The van der Waals surface area contributed by atoms with E-state index in [-0.39, 0.29) is 6.04 Å². The summed E-state index contributed by atoms with van der Waals surface area (Å²) < 4.78 is 0. The summed E-state index contributed by atoms with van der Waals surface area (Å²) in [6, 6.07) is 8.25. The molecule has 1 aliphatic heterocycles. The second kappa shape index (κ2) is 4.30. The van der Waals surface area contributed by atoms with Gasteiger partial charge in [-0.25, -0.2) is 0 Å². The fraction of sp³-hybridized carbons (Fsp3) is 0.308. The average Bonchev–Trinajstić information content (AvgIpc) is 2.28. The zero-order valence-corrected chi connectivity index (χ0v) is 8.86. The standard InChI is InChI=1S/C13H15NO/c1-2-5-12-11(9-15)8-10-6-3-4-7-13(10)14-12/h3-4,6-9,12,14H,2,5H2,1H3/t12-/m1/s1. The molecule has 1 N–H and O–H groups in total. The molecule has 0 fully saturated rings. The van der Waals surface area contributed by atoms with E-state index in [0.29, 0.717) is 0 Å². The molecule has 0 aliphatic carbocycles. The first-order valence-corrected chi connectivity index (χ1v) is 5.37. The third-order valence-corrected chi connectivity index (χ3v) is 2.73. The number of benzene rings is 1. The molecule has 0 bridgehead atoms. The highest BCUT2D eigenvalue weighted by Gasteiger charge is 2.18. The van der Waals surface area contributed by atoms with Crippen molar-refractivity contribution in [1.82, 2.24) is 0 Å². The van der Waals surface area contributed by atoms with Gasteiger partial charge in [0.1, 0.15) is 6.29 Å². The smallest absolute Gasteiger partial charge is 0.148 e. The number of aldehydes is 1. The lowest BCUT2D eigenvalue weighted by molar-refractivity contribution is -0.105. The molecule has 2 heteroatoms. The van der Waals surface area contributed by atoms with Crippen LogP contribution in [0, 0.1) is 0 Å². The number of fused-ring (bicyclic) bond motifs is 1. The SMILES string of the molecule is CCC[C@H]1Nc2ccccc2C=C1C=O. The van der Waals surface area contributed by atoms with E-state index in [9.17, 15) is 4.79 Å². The average molecular weight is 201 g/mol. The minimum atomic E-state index is 0.183. The lowest BCUT2D eigenvalue weighted by Crippen LogP contribution is -2.25.